The van der Waals surface area contributed by atoms with Crippen molar-refractivity contribution in [1.29, 1.82) is 0 Å². The smallest absolute Gasteiger partial charge is 0.349 e. The molecular weight excluding hydrogens is 344 g/mol. The van der Waals surface area contributed by atoms with E-state index in [0.29, 0.717) is 10.3 Å². The Morgan fingerprint density at radius 3 is 2.68 bits per heavy atom. The summed E-state index contributed by atoms with van der Waals surface area (Å²) < 4.78 is 39.3. The quantitative estimate of drug-likeness (QED) is 0.795. The van der Waals surface area contributed by atoms with Gasteiger partial charge < -0.3 is 4.98 Å². The maximum Gasteiger partial charge on any atom is 0.416 e. The molecule has 0 aliphatic rings. The van der Waals surface area contributed by atoms with Crippen LogP contribution < -0.4 is 0 Å². The summed E-state index contributed by atoms with van der Waals surface area (Å²) in [6.07, 6.45) is -1.09. The summed E-state index contributed by atoms with van der Waals surface area (Å²) in [5.74, 6) is 0.552. The first-order chi connectivity index (χ1) is 8.88. The van der Waals surface area contributed by atoms with Crippen molar-refractivity contribution >= 4 is 27.5 Å². The van der Waals surface area contributed by atoms with E-state index in [9.17, 15) is 13.2 Å². The Morgan fingerprint density at radius 1 is 1.37 bits per heavy atom. The highest BCUT2D eigenvalue weighted by atomic mass is 79.9. The number of aromatic nitrogens is 2. The van der Waals surface area contributed by atoms with Gasteiger partial charge in [0.1, 0.15) is 5.82 Å². The molecule has 1 N–H and O–H groups in total. The van der Waals surface area contributed by atoms with Gasteiger partial charge in [-0.1, -0.05) is 22.0 Å². The van der Waals surface area contributed by atoms with E-state index >= 15 is 0 Å². The first kappa shape index (κ1) is 14.4. The molecule has 0 saturated heterocycles. The molecule has 0 saturated carbocycles. The molecule has 1 heterocycles. The molecule has 2 rings (SSSR count). The molecule has 7 heteroatoms. The summed E-state index contributed by atoms with van der Waals surface area (Å²) in [6.45, 7) is 0. The Labute approximate surface area is 121 Å². The SMILES string of the molecule is FC(F)(F)c1cc(Br)ccc1C(Cl)Cc1ncc[nH]1. The molecule has 0 aliphatic carbocycles. The third kappa shape index (κ3) is 3.51. The second-order valence-electron chi connectivity index (χ2n) is 3.94. The Balaban J connectivity index is 2.33. The lowest BCUT2D eigenvalue weighted by Crippen LogP contribution is -2.11. The number of alkyl halides is 4. The summed E-state index contributed by atoms with van der Waals surface area (Å²) in [5.41, 5.74) is -0.679. The van der Waals surface area contributed by atoms with Gasteiger partial charge in [0.2, 0.25) is 0 Å². The van der Waals surface area contributed by atoms with Crippen molar-refractivity contribution < 1.29 is 13.2 Å². The summed E-state index contributed by atoms with van der Waals surface area (Å²) in [7, 11) is 0. The Bertz CT molecular complexity index is 555. The molecule has 2 nitrogen and oxygen atoms in total. The number of imidazole rings is 1. The third-order valence-corrected chi connectivity index (χ3v) is 3.47. The van der Waals surface area contributed by atoms with Crippen LogP contribution in [0.1, 0.15) is 22.3 Å². The molecule has 102 valence electrons. The number of hydrogen-bond donors (Lipinski definition) is 1. The minimum atomic E-state index is -4.44. The lowest BCUT2D eigenvalue weighted by molar-refractivity contribution is -0.138. The van der Waals surface area contributed by atoms with E-state index in [1.54, 1.807) is 12.3 Å². The highest BCUT2D eigenvalue weighted by Gasteiger charge is 2.35. The first-order valence-electron chi connectivity index (χ1n) is 5.37. The average Bonchev–Trinajstić information content (AvgIpc) is 2.80. The molecular formula is C12H9BrClF3N2. The van der Waals surface area contributed by atoms with Gasteiger partial charge in [-0.3, -0.25) is 0 Å². The molecule has 0 fully saturated rings. The summed E-state index contributed by atoms with van der Waals surface area (Å²) in [6, 6.07) is 3.96. The van der Waals surface area contributed by atoms with E-state index < -0.39 is 17.1 Å². The van der Waals surface area contributed by atoms with Crippen LogP contribution in [0.25, 0.3) is 0 Å². The van der Waals surface area contributed by atoms with E-state index in [1.807, 2.05) is 0 Å². The number of benzene rings is 1. The maximum atomic E-state index is 13.0. The van der Waals surface area contributed by atoms with E-state index in [4.69, 9.17) is 11.6 Å². The van der Waals surface area contributed by atoms with Crippen LogP contribution in [-0.4, -0.2) is 9.97 Å². The number of nitrogens with one attached hydrogen (secondary N) is 1. The van der Waals surface area contributed by atoms with Crippen LogP contribution in [0.2, 0.25) is 0 Å². The van der Waals surface area contributed by atoms with E-state index in [0.717, 1.165) is 6.07 Å². The third-order valence-electron chi connectivity index (χ3n) is 2.59. The number of halogens is 5. The molecule has 0 radical (unpaired) electrons. The minimum Gasteiger partial charge on any atom is -0.349 e. The van der Waals surface area contributed by atoms with Crippen LogP contribution >= 0.6 is 27.5 Å². The van der Waals surface area contributed by atoms with Gasteiger partial charge in [0.05, 0.1) is 10.9 Å². The summed E-state index contributed by atoms with van der Waals surface area (Å²) in [5, 5.41) is -0.795. The summed E-state index contributed by atoms with van der Waals surface area (Å²) in [4.78, 5) is 6.78. The van der Waals surface area contributed by atoms with Gasteiger partial charge in [0.15, 0.2) is 0 Å². The van der Waals surface area contributed by atoms with Gasteiger partial charge in [0, 0.05) is 23.3 Å². The van der Waals surface area contributed by atoms with Gasteiger partial charge in [0.25, 0.3) is 0 Å². The predicted molar refractivity (Wildman–Crippen MR) is 70.0 cm³/mol. The fourth-order valence-corrected chi connectivity index (χ4v) is 2.43. The highest BCUT2D eigenvalue weighted by molar-refractivity contribution is 9.10. The monoisotopic (exact) mass is 352 g/mol. The maximum absolute atomic E-state index is 13.0. The van der Waals surface area contributed by atoms with Crippen molar-refractivity contribution in [2.45, 2.75) is 18.0 Å². The number of rotatable bonds is 3. The van der Waals surface area contributed by atoms with E-state index in [-0.39, 0.29) is 12.0 Å². The minimum absolute atomic E-state index is 0.0498. The number of nitrogens with zero attached hydrogens (tertiary/aromatic N) is 1. The van der Waals surface area contributed by atoms with Crippen LogP contribution in [0, 0.1) is 0 Å². The zero-order chi connectivity index (χ0) is 14.0. The zero-order valence-electron chi connectivity index (χ0n) is 9.51. The molecule has 0 amide bonds. The fraction of sp³-hybridized carbons (Fsp3) is 0.250. The molecule has 0 spiro atoms. The Morgan fingerprint density at radius 2 is 2.11 bits per heavy atom. The van der Waals surface area contributed by atoms with E-state index in [2.05, 4.69) is 25.9 Å². The van der Waals surface area contributed by atoms with Crippen LogP contribution in [-0.2, 0) is 12.6 Å². The lowest BCUT2D eigenvalue weighted by Gasteiger charge is -2.16. The van der Waals surface area contributed by atoms with Crippen molar-refractivity contribution in [3.05, 3.63) is 52.0 Å². The number of hydrogen-bond acceptors (Lipinski definition) is 1. The highest BCUT2D eigenvalue weighted by Crippen LogP contribution is 2.38. The van der Waals surface area contributed by atoms with Crippen LogP contribution in [0.15, 0.2) is 35.1 Å². The van der Waals surface area contributed by atoms with Crippen molar-refractivity contribution in [3.8, 4) is 0 Å². The Kier molecular flexibility index (Phi) is 4.20. The van der Waals surface area contributed by atoms with Gasteiger partial charge in [-0.2, -0.15) is 13.2 Å². The van der Waals surface area contributed by atoms with Crippen molar-refractivity contribution in [2.75, 3.05) is 0 Å². The number of H-pyrrole nitrogens is 1. The molecule has 1 unspecified atom stereocenters. The molecule has 0 bridgehead atoms. The second kappa shape index (κ2) is 5.54. The molecule has 0 aliphatic heterocycles. The van der Waals surface area contributed by atoms with Crippen molar-refractivity contribution in [1.82, 2.24) is 9.97 Å². The fourth-order valence-electron chi connectivity index (χ4n) is 1.74. The molecule has 1 aromatic heterocycles. The van der Waals surface area contributed by atoms with Crippen molar-refractivity contribution in [2.24, 2.45) is 0 Å². The normalized spacial score (nSPS) is 13.5. The largest absolute Gasteiger partial charge is 0.416 e. The standard InChI is InChI=1S/C12H9BrClF3N2/c13-7-1-2-8(9(5-7)12(15,16)17)10(14)6-11-18-3-4-19-11/h1-5,10H,6H2,(H,18,19). The van der Waals surface area contributed by atoms with Gasteiger partial charge in [-0.15, -0.1) is 11.6 Å². The Hall–Kier alpha value is -1.01. The van der Waals surface area contributed by atoms with Gasteiger partial charge in [-0.05, 0) is 17.7 Å². The van der Waals surface area contributed by atoms with Crippen LogP contribution in [0.5, 0.6) is 0 Å². The lowest BCUT2D eigenvalue weighted by atomic mass is 10.0. The molecule has 19 heavy (non-hydrogen) atoms. The number of aromatic amines is 1. The van der Waals surface area contributed by atoms with Gasteiger partial charge in [-0.25, -0.2) is 4.98 Å². The average molecular weight is 354 g/mol. The van der Waals surface area contributed by atoms with Crippen LogP contribution in [0.3, 0.4) is 0 Å². The van der Waals surface area contributed by atoms with Crippen LogP contribution in [0.4, 0.5) is 13.2 Å². The second-order valence-corrected chi connectivity index (χ2v) is 5.38. The van der Waals surface area contributed by atoms with Gasteiger partial charge >= 0.3 is 6.18 Å². The molecule has 2 aromatic rings. The first-order valence-corrected chi connectivity index (χ1v) is 6.60. The predicted octanol–water partition coefficient (Wildman–Crippen LogP) is 4.71. The molecule has 1 aromatic carbocycles. The molecule has 1 atom stereocenters. The topological polar surface area (TPSA) is 28.7 Å². The van der Waals surface area contributed by atoms with E-state index in [1.165, 1.54) is 12.3 Å². The zero-order valence-corrected chi connectivity index (χ0v) is 11.9. The summed E-state index contributed by atoms with van der Waals surface area (Å²) >= 11 is 9.12. The van der Waals surface area contributed by atoms with Crippen molar-refractivity contribution in [3.63, 3.8) is 0 Å².